The number of methoxy groups -OCH3 is 1. The first kappa shape index (κ1) is 12.2. The van der Waals surface area contributed by atoms with Gasteiger partial charge in [-0.05, 0) is 12.1 Å². The molecule has 0 bridgehead atoms. The van der Waals surface area contributed by atoms with Crippen LogP contribution in [0.5, 0.6) is 5.75 Å². The first-order valence-corrected chi connectivity index (χ1v) is 4.06. The van der Waals surface area contributed by atoms with Crippen LogP contribution in [-0.4, -0.2) is 18.2 Å². The molecule has 0 aliphatic rings. The number of rotatable bonds is 1. The number of nitrogens with two attached hydrogens (primary N) is 1. The van der Waals surface area contributed by atoms with Crippen LogP contribution in [0.15, 0.2) is 12.1 Å². The minimum absolute atomic E-state index is 0.312. The molecule has 88 valence electrons. The van der Waals surface area contributed by atoms with Gasteiger partial charge in [0.2, 0.25) is 0 Å². The summed E-state index contributed by atoms with van der Waals surface area (Å²) in [6, 6.07) is 1.42. The molecular formula is C9H8F3NO3. The zero-order valence-electron chi connectivity index (χ0n) is 8.13. The van der Waals surface area contributed by atoms with Crippen LogP contribution >= 0.6 is 0 Å². The van der Waals surface area contributed by atoms with E-state index < -0.39 is 29.1 Å². The first-order valence-electron chi connectivity index (χ1n) is 4.06. The predicted octanol–water partition coefficient (Wildman–Crippen LogP) is 1.78. The molecule has 0 heterocycles. The summed E-state index contributed by atoms with van der Waals surface area (Å²) in [5, 5.41) is 9.21. The molecule has 0 atom stereocenters. The minimum Gasteiger partial charge on any atom is -0.505 e. The molecule has 3 N–H and O–H groups in total. The van der Waals surface area contributed by atoms with E-state index in [1.807, 2.05) is 0 Å². The average molecular weight is 235 g/mol. The smallest absolute Gasteiger partial charge is 0.420 e. The Morgan fingerprint density at radius 2 is 2.00 bits per heavy atom. The van der Waals surface area contributed by atoms with Gasteiger partial charge in [-0.15, -0.1) is 0 Å². The second kappa shape index (κ2) is 3.92. The number of halogens is 3. The molecule has 7 heteroatoms. The van der Waals surface area contributed by atoms with Crippen molar-refractivity contribution in [1.29, 1.82) is 0 Å². The summed E-state index contributed by atoms with van der Waals surface area (Å²) in [6.45, 7) is 0. The van der Waals surface area contributed by atoms with Gasteiger partial charge >= 0.3 is 12.1 Å². The number of carbonyl (C=O) groups excluding carboxylic acids is 1. The Morgan fingerprint density at radius 1 is 1.44 bits per heavy atom. The van der Waals surface area contributed by atoms with E-state index in [4.69, 9.17) is 5.73 Å². The highest BCUT2D eigenvalue weighted by Crippen LogP contribution is 2.40. The Bertz CT molecular complexity index is 429. The maximum absolute atomic E-state index is 12.3. The zero-order chi connectivity index (χ0) is 12.5. The second-order valence-corrected chi connectivity index (χ2v) is 2.91. The largest absolute Gasteiger partial charge is 0.505 e. The van der Waals surface area contributed by atoms with Crippen molar-refractivity contribution in [3.05, 3.63) is 23.3 Å². The van der Waals surface area contributed by atoms with E-state index in [9.17, 15) is 23.1 Å². The van der Waals surface area contributed by atoms with Gasteiger partial charge in [-0.2, -0.15) is 13.2 Å². The number of phenols is 1. The minimum atomic E-state index is -4.73. The van der Waals surface area contributed by atoms with Gasteiger partial charge in [0.25, 0.3) is 0 Å². The summed E-state index contributed by atoms with van der Waals surface area (Å²) >= 11 is 0. The number of phenolic OH excluding ortho intramolecular Hbond substituents is 1. The summed E-state index contributed by atoms with van der Waals surface area (Å²) in [6.07, 6.45) is -4.73. The Labute approximate surface area is 88.4 Å². The number of benzene rings is 1. The molecule has 0 aromatic heterocycles. The third-order valence-electron chi connectivity index (χ3n) is 1.93. The number of hydrogen-bond acceptors (Lipinski definition) is 4. The van der Waals surface area contributed by atoms with E-state index in [1.165, 1.54) is 0 Å². The molecule has 0 fully saturated rings. The topological polar surface area (TPSA) is 72.5 Å². The lowest BCUT2D eigenvalue weighted by Crippen LogP contribution is -2.11. The highest BCUT2D eigenvalue weighted by atomic mass is 19.4. The van der Waals surface area contributed by atoms with Gasteiger partial charge in [-0.25, -0.2) is 4.79 Å². The number of hydrogen-bond donors (Lipinski definition) is 2. The molecule has 0 aliphatic heterocycles. The van der Waals surface area contributed by atoms with Crippen LogP contribution in [0.1, 0.15) is 15.9 Å². The monoisotopic (exact) mass is 235 g/mol. The molecule has 0 aliphatic carbocycles. The van der Waals surface area contributed by atoms with Crippen molar-refractivity contribution in [3.63, 3.8) is 0 Å². The fourth-order valence-corrected chi connectivity index (χ4v) is 1.12. The summed E-state index contributed by atoms with van der Waals surface area (Å²) in [4.78, 5) is 11.1. The Hall–Kier alpha value is -1.92. The number of alkyl halides is 3. The molecule has 1 rings (SSSR count). The van der Waals surface area contributed by atoms with Crippen LogP contribution < -0.4 is 5.73 Å². The molecule has 0 spiro atoms. The van der Waals surface area contributed by atoms with Gasteiger partial charge < -0.3 is 15.6 Å². The van der Waals surface area contributed by atoms with Gasteiger partial charge in [0, 0.05) is 0 Å². The van der Waals surface area contributed by atoms with Crippen LogP contribution in [0.2, 0.25) is 0 Å². The number of nitrogen functional groups attached to an aromatic ring is 1. The molecular weight excluding hydrogens is 227 g/mol. The fraction of sp³-hybridized carbons (Fsp3) is 0.222. The molecule has 0 saturated carbocycles. The highest BCUT2D eigenvalue weighted by molar-refractivity contribution is 5.96. The second-order valence-electron chi connectivity index (χ2n) is 2.91. The van der Waals surface area contributed by atoms with Gasteiger partial charge in [-0.3, -0.25) is 0 Å². The van der Waals surface area contributed by atoms with Crippen molar-refractivity contribution >= 4 is 11.7 Å². The molecule has 0 unspecified atom stereocenters. The lowest BCUT2D eigenvalue weighted by molar-refractivity contribution is -0.138. The zero-order valence-corrected chi connectivity index (χ0v) is 8.13. The lowest BCUT2D eigenvalue weighted by atomic mass is 10.1. The van der Waals surface area contributed by atoms with E-state index in [0.717, 1.165) is 13.2 Å². The maximum atomic E-state index is 12.3. The van der Waals surface area contributed by atoms with Crippen LogP contribution in [0.4, 0.5) is 18.9 Å². The van der Waals surface area contributed by atoms with Crippen LogP contribution in [0, 0.1) is 0 Å². The number of carbonyl (C=O) groups is 1. The van der Waals surface area contributed by atoms with E-state index in [2.05, 4.69) is 4.74 Å². The van der Waals surface area contributed by atoms with Crippen molar-refractivity contribution in [2.24, 2.45) is 0 Å². The number of aromatic hydroxyl groups is 1. The van der Waals surface area contributed by atoms with Crippen molar-refractivity contribution in [2.75, 3.05) is 12.8 Å². The van der Waals surface area contributed by atoms with E-state index in [0.29, 0.717) is 6.07 Å². The maximum Gasteiger partial charge on any atom is 0.420 e. The van der Waals surface area contributed by atoms with Crippen LogP contribution in [0.3, 0.4) is 0 Å². The molecule has 4 nitrogen and oxygen atoms in total. The number of ether oxygens (including phenoxy) is 1. The standard InChI is InChI=1S/C9H8F3NO3/c1-16-8(15)4-2-3-5(9(10,11)12)7(14)6(4)13/h2-3,14H,13H2,1H3. The summed E-state index contributed by atoms with van der Waals surface area (Å²) in [7, 11) is 1.05. The van der Waals surface area contributed by atoms with E-state index >= 15 is 0 Å². The SMILES string of the molecule is COC(=O)c1ccc(C(F)(F)F)c(O)c1N. The van der Waals surface area contributed by atoms with Crippen LogP contribution in [0.25, 0.3) is 0 Å². The predicted molar refractivity (Wildman–Crippen MR) is 48.9 cm³/mol. The van der Waals surface area contributed by atoms with E-state index in [1.54, 1.807) is 0 Å². The first-order chi connectivity index (χ1) is 7.29. The third kappa shape index (κ3) is 2.02. The molecule has 0 radical (unpaired) electrons. The average Bonchev–Trinajstić information content (AvgIpc) is 2.19. The molecule has 0 saturated heterocycles. The van der Waals surface area contributed by atoms with Crippen molar-refractivity contribution in [3.8, 4) is 5.75 Å². The van der Waals surface area contributed by atoms with Gasteiger partial charge in [0.05, 0.1) is 23.9 Å². The van der Waals surface area contributed by atoms with Crippen LogP contribution in [-0.2, 0) is 10.9 Å². The Morgan fingerprint density at radius 3 is 2.44 bits per heavy atom. The van der Waals surface area contributed by atoms with E-state index in [-0.39, 0.29) is 5.56 Å². The Kier molecular flexibility index (Phi) is 2.97. The quantitative estimate of drug-likeness (QED) is 0.442. The van der Waals surface area contributed by atoms with Crippen molar-refractivity contribution in [1.82, 2.24) is 0 Å². The van der Waals surface area contributed by atoms with Crippen molar-refractivity contribution in [2.45, 2.75) is 6.18 Å². The number of esters is 1. The summed E-state index contributed by atoms with van der Waals surface area (Å²) < 4.78 is 41.2. The third-order valence-corrected chi connectivity index (χ3v) is 1.93. The summed E-state index contributed by atoms with van der Waals surface area (Å²) in [5.41, 5.74) is 2.95. The molecule has 0 amide bonds. The van der Waals surface area contributed by atoms with Crippen molar-refractivity contribution < 1.29 is 27.8 Å². The Balaban J connectivity index is 3.35. The molecule has 1 aromatic carbocycles. The molecule has 16 heavy (non-hydrogen) atoms. The lowest BCUT2D eigenvalue weighted by Gasteiger charge is -2.12. The highest BCUT2D eigenvalue weighted by Gasteiger charge is 2.35. The van der Waals surface area contributed by atoms with Gasteiger partial charge in [-0.1, -0.05) is 0 Å². The van der Waals surface area contributed by atoms with Gasteiger partial charge in [0.15, 0.2) is 5.75 Å². The normalized spacial score (nSPS) is 11.2. The molecule has 1 aromatic rings. The fourth-order valence-electron chi connectivity index (χ4n) is 1.12. The number of anilines is 1. The summed E-state index contributed by atoms with van der Waals surface area (Å²) in [5.74, 6) is -2.09. The van der Waals surface area contributed by atoms with Gasteiger partial charge in [0.1, 0.15) is 0 Å².